The summed E-state index contributed by atoms with van der Waals surface area (Å²) >= 11 is 0. The van der Waals surface area contributed by atoms with E-state index in [2.05, 4.69) is 15.3 Å². The molecule has 1 heterocycles. The van der Waals surface area contributed by atoms with Crippen molar-refractivity contribution in [2.75, 3.05) is 6.73 Å². The van der Waals surface area contributed by atoms with Crippen molar-refractivity contribution in [3.05, 3.63) is 72.4 Å². The van der Waals surface area contributed by atoms with Crippen LogP contribution in [0.15, 0.2) is 60.8 Å². The molecule has 0 saturated heterocycles. The minimum Gasteiger partial charge on any atom is -0.457 e. The van der Waals surface area contributed by atoms with E-state index in [4.69, 9.17) is 9.84 Å². The average molecular weight is 339 g/mol. The number of aliphatic hydroxyl groups is 1. The lowest BCUT2D eigenvalue weighted by molar-refractivity contribution is 0.0899. The van der Waals surface area contributed by atoms with E-state index in [1.165, 1.54) is 18.3 Å². The largest absolute Gasteiger partial charge is 0.457 e. The number of carbonyl (C=O) groups is 1. The van der Waals surface area contributed by atoms with E-state index >= 15 is 0 Å². The number of amides is 1. The van der Waals surface area contributed by atoms with Crippen molar-refractivity contribution in [3.8, 4) is 22.8 Å². The summed E-state index contributed by atoms with van der Waals surface area (Å²) in [6.45, 7) is -0.484. The summed E-state index contributed by atoms with van der Waals surface area (Å²) < 4.78 is 18.5. The lowest BCUT2D eigenvalue weighted by Crippen LogP contribution is -2.26. The molecular formula is C18H14FN3O3. The Hall–Kier alpha value is -3.32. The first kappa shape index (κ1) is 16.5. The monoisotopic (exact) mass is 339 g/mol. The van der Waals surface area contributed by atoms with Gasteiger partial charge in [0.05, 0.1) is 5.69 Å². The number of ether oxygens (including phenoxy) is 1. The van der Waals surface area contributed by atoms with Gasteiger partial charge in [0, 0.05) is 11.8 Å². The van der Waals surface area contributed by atoms with Crippen molar-refractivity contribution in [1.29, 1.82) is 0 Å². The summed E-state index contributed by atoms with van der Waals surface area (Å²) in [5, 5.41) is 11.0. The molecule has 6 nitrogen and oxygen atoms in total. The first-order valence-corrected chi connectivity index (χ1v) is 7.41. The summed E-state index contributed by atoms with van der Waals surface area (Å²) in [5.41, 5.74) is 1.33. The summed E-state index contributed by atoms with van der Waals surface area (Å²) in [5.74, 6) is 0.202. The van der Waals surface area contributed by atoms with Crippen molar-refractivity contribution in [3.63, 3.8) is 0 Å². The quantitative estimate of drug-likeness (QED) is 0.698. The summed E-state index contributed by atoms with van der Waals surface area (Å²) in [4.78, 5) is 19.7. The van der Waals surface area contributed by atoms with E-state index in [1.54, 1.807) is 42.5 Å². The summed E-state index contributed by atoms with van der Waals surface area (Å²) in [7, 11) is 0. The van der Waals surface area contributed by atoms with Crippen LogP contribution >= 0.6 is 0 Å². The maximum absolute atomic E-state index is 12.9. The van der Waals surface area contributed by atoms with Gasteiger partial charge in [-0.2, -0.15) is 0 Å². The molecule has 0 radical (unpaired) electrons. The number of rotatable bonds is 5. The first-order valence-electron chi connectivity index (χ1n) is 7.41. The van der Waals surface area contributed by atoms with Crippen molar-refractivity contribution in [2.45, 2.75) is 0 Å². The van der Waals surface area contributed by atoms with Gasteiger partial charge in [0.25, 0.3) is 5.91 Å². The van der Waals surface area contributed by atoms with Gasteiger partial charge in [0.1, 0.15) is 24.0 Å². The molecule has 0 atom stereocenters. The van der Waals surface area contributed by atoms with E-state index < -0.39 is 12.6 Å². The number of nitrogens with zero attached hydrogens (tertiary/aromatic N) is 2. The molecule has 1 aromatic heterocycles. The minimum atomic E-state index is -0.555. The summed E-state index contributed by atoms with van der Waals surface area (Å²) in [6.07, 6.45) is 1.47. The zero-order chi connectivity index (χ0) is 17.6. The second kappa shape index (κ2) is 7.50. The molecule has 3 aromatic rings. The van der Waals surface area contributed by atoms with Crippen LogP contribution in [0.1, 0.15) is 10.6 Å². The highest BCUT2D eigenvalue weighted by molar-refractivity contribution is 5.90. The number of aromatic nitrogens is 2. The van der Waals surface area contributed by atoms with Crippen molar-refractivity contribution < 1.29 is 19.0 Å². The molecule has 7 heteroatoms. The van der Waals surface area contributed by atoms with E-state index in [-0.39, 0.29) is 11.6 Å². The van der Waals surface area contributed by atoms with Gasteiger partial charge in [-0.25, -0.2) is 14.4 Å². The van der Waals surface area contributed by atoms with Crippen molar-refractivity contribution in [2.24, 2.45) is 0 Å². The molecule has 3 rings (SSSR count). The van der Waals surface area contributed by atoms with Crippen LogP contribution in [0.3, 0.4) is 0 Å². The predicted molar refractivity (Wildman–Crippen MR) is 88.5 cm³/mol. The minimum absolute atomic E-state index is 0.0295. The first-order chi connectivity index (χ1) is 12.2. The number of halogens is 1. The lowest BCUT2D eigenvalue weighted by atomic mass is 10.1. The van der Waals surface area contributed by atoms with Gasteiger partial charge < -0.3 is 15.2 Å². The third-order valence-corrected chi connectivity index (χ3v) is 3.30. The molecule has 25 heavy (non-hydrogen) atoms. The average Bonchev–Trinajstić information content (AvgIpc) is 2.65. The number of aliphatic hydroxyl groups excluding tert-OH is 1. The molecule has 1 amide bonds. The highest BCUT2D eigenvalue weighted by Gasteiger charge is 2.10. The molecule has 0 aliphatic carbocycles. The molecule has 0 fully saturated rings. The molecule has 0 spiro atoms. The second-order valence-electron chi connectivity index (χ2n) is 5.01. The molecule has 2 N–H and O–H groups in total. The number of nitrogens with one attached hydrogen (secondary N) is 1. The molecule has 0 aliphatic rings. The lowest BCUT2D eigenvalue weighted by Gasteiger charge is -2.07. The molecule has 0 aliphatic heterocycles. The predicted octanol–water partition coefficient (Wildman–Crippen LogP) is 2.75. The van der Waals surface area contributed by atoms with Crippen LogP contribution in [0, 0.1) is 5.82 Å². The van der Waals surface area contributed by atoms with Gasteiger partial charge in [-0.05, 0) is 54.6 Å². The highest BCUT2D eigenvalue weighted by Crippen LogP contribution is 2.25. The van der Waals surface area contributed by atoms with Crippen molar-refractivity contribution in [1.82, 2.24) is 15.3 Å². The van der Waals surface area contributed by atoms with Crippen LogP contribution in [-0.4, -0.2) is 27.7 Å². The van der Waals surface area contributed by atoms with Crippen LogP contribution in [0.4, 0.5) is 4.39 Å². The van der Waals surface area contributed by atoms with Gasteiger partial charge in [-0.15, -0.1) is 0 Å². The van der Waals surface area contributed by atoms with E-state index in [0.717, 1.165) is 5.56 Å². The second-order valence-corrected chi connectivity index (χ2v) is 5.01. The fourth-order valence-corrected chi connectivity index (χ4v) is 2.11. The Morgan fingerprint density at radius 2 is 1.68 bits per heavy atom. The maximum Gasteiger partial charge on any atom is 0.290 e. The van der Waals surface area contributed by atoms with Gasteiger partial charge in [0.2, 0.25) is 5.82 Å². The third kappa shape index (κ3) is 4.15. The third-order valence-electron chi connectivity index (χ3n) is 3.30. The number of carbonyl (C=O) groups excluding carboxylic acids is 1. The van der Waals surface area contributed by atoms with E-state index in [9.17, 15) is 9.18 Å². The molecule has 2 aromatic carbocycles. The Bertz CT molecular complexity index is 867. The standard InChI is InChI=1S/C18H14FN3O3/c19-13-3-7-15(8-4-13)25-14-5-1-12(2-6-14)16-9-10-20-17(22-16)18(24)21-11-23/h1-10,23H,11H2,(H,21,24). The summed E-state index contributed by atoms with van der Waals surface area (Å²) in [6, 6.07) is 14.5. The Kier molecular flexibility index (Phi) is 4.96. The van der Waals surface area contributed by atoms with Gasteiger partial charge in [-0.1, -0.05) is 0 Å². The highest BCUT2D eigenvalue weighted by atomic mass is 19.1. The fourth-order valence-electron chi connectivity index (χ4n) is 2.11. The fraction of sp³-hybridized carbons (Fsp3) is 0.0556. The molecule has 126 valence electrons. The Morgan fingerprint density at radius 1 is 1.04 bits per heavy atom. The molecule has 0 bridgehead atoms. The van der Waals surface area contributed by atoms with Gasteiger partial charge >= 0.3 is 0 Å². The van der Waals surface area contributed by atoms with Crippen molar-refractivity contribution >= 4 is 5.91 Å². The smallest absolute Gasteiger partial charge is 0.290 e. The molecular weight excluding hydrogens is 325 g/mol. The van der Waals surface area contributed by atoms with E-state index in [0.29, 0.717) is 17.2 Å². The van der Waals surface area contributed by atoms with Gasteiger partial charge in [-0.3, -0.25) is 4.79 Å². The zero-order valence-electron chi connectivity index (χ0n) is 13.0. The number of benzene rings is 2. The van der Waals surface area contributed by atoms with Crippen LogP contribution in [0.2, 0.25) is 0 Å². The Morgan fingerprint density at radius 3 is 2.32 bits per heavy atom. The Balaban J connectivity index is 1.77. The van der Waals surface area contributed by atoms with Gasteiger partial charge in [0.15, 0.2) is 0 Å². The maximum atomic E-state index is 12.9. The normalized spacial score (nSPS) is 10.3. The zero-order valence-corrected chi connectivity index (χ0v) is 13.0. The number of hydrogen-bond acceptors (Lipinski definition) is 5. The topological polar surface area (TPSA) is 84.3 Å². The van der Waals surface area contributed by atoms with Crippen LogP contribution in [-0.2, 0) is 0 Å². The van der Waals surface area contributed by atoms with E-state index in [1.807, 2.05) is 0 Å². The number of hydrogen-bond donors (Lipinski definition) is 2. The SMILES string of the molecule is O=C(NCO)c1nccc(-c2ccc(Oc3ccc(F)cc3)cc2)n1. The Labute approximate surface area is 142 Å². The van der Waals surface area contributed by atoms with Crippen LogP contribution in [0.5, 0.6) is 11.5 Å². The molecule has 0 unspecified atom stereocenters. The van der Waals surface area contributed by atoms with Crippen LogP contribution < -0.4 is 10.1 Å². The van der Waals surface area contributed by atoms with Crippen LogP contribution in [0.25, 0.3) is 11.3 Å². The molecule has 0 saturated carbocycles.